The van der Waals surface area contributed by atoms with E-state index in [2.05, 4.69) is 10.3 Å². The normalized spacial score (nSPS) is 11.2. The number of benzene rings is 1. The minimum absolute atomic E-state index is 0.679. The zero-order valence-electron chi connectivity index (χ0n) is 9.64. The van der Waals surface area contributed by atoms with Gasteiger partial charge < -0.3 is 10.3 Å². The minimum Gasteiger partial charge on any atom is -0.396 e. The first kappa shape index (κ1) is 9.89. The predicted octanol–water partition coefficient (Wildman–Crippen LogP) is 2.21. The molecule has 5 heteroatoms. The number of nitrogens with two attached hydrogens (primary N) is 1. The lowest BCUT2D eigenvalue weighted by atomic mass is 10.2. The summed E-state index contributed by atoms with van der Waals surface area (Å²) >= 11 is 0. The second kappa shape index (κ2) is 3.35. The Hall–Kier alpha value is -2.30. The SMILES string of the molecule is Cc1nn(-c2noc3ccccc23)c(C)c1N. The van der Waals surface area contributed by atoms with E-state index in [4.69, 9.17) is 10.3 Å². The second-order valence-corrected chi connectivity index (χ2v) is 4.00. The molecule has 3 rings (SSSR count). The Morgan fingerprint density at radius 2 is 2.00 bits per heavy atom. The van der Waals surface area contributed by atoms with Gasteiger partial charge in [-0.15, -0.1) is 0 Å². The third-order valence-corrected chi connectivity index (χ3v) is 2.91. The van der Waals surface area contributed by atoms with Gasteiger partial charge in [-0.1, -0.05) is 17.3 Å². The third-order valence-electron chi connectivity index (χ3n) is 2.91. The Morgan fingerprint density at radius 3 is 2.71 bits per heavy atom. The number of aromatic nitrogens is 3. The van der Waals surface area contributed by atoms with Gasteiger partial charge in [0.15, 0.2) is 5.58 Å². The Labute approximate surface area is 97.8 Å². The lowest BCUT2D eigenvalue weighted by Gasteiger charge is -1.98. The molecule has 2 heterocycles. The van der Waals surface area contributed by atoms with E-state index >= 15 is 0 Å². The van der Waals surface area contributed by atoms with Crippen molar-refractivity contribution in [3.8, 4) is 5.82 Å². The fourth-order valence-electron chi connectivity index (χ4n) is 1.89. The molecule has 0 aliphatic heterocycles. The van der Waals surface area contributed by atoms with Crippen LogP contribution in [0.25, 0.3) is 16.8 Å². The van der Waals surface area contributed by atoms with Crippen LogP contribution in [0.2, 0.25) is 0 Å². The van der Waals surface area contributed by atoms with Crippen molar-refractivity contribution < 1.29 is 4.52 Å². The maximum Gasteiger partial charge on any atom is 0.204 e. The van der Waals surface area contributed by atoms with Crippen molar-refractivity contribution in [2.45, 2.75) is 13.8 Å². The molecule has 2 aromatic heterocycles. The van der Waals surface area contributed by atoms with Gasteiger partial charge in [0.2, 0.25) is 5.82 Å². The molecule has 5 nitrogen and oxygen atoms in total. The van der Waals surface area contributed by atoms with Crippen molar-refractivity contribution in [2.75, 3.05) is 5.73 Å². The Balaban J connectivity index is 2.31. The molecule has 0 aliphatic rings. The molecule has 86 valence electrons. The number of fused-ring (bicyclic) bond motifs is 1. The highest BCUT2D eigenvalue weighted by Gasteiger charge is 2.15. The molecule has 0 atom stereocenters. The summed E-state index contributed by atoms with van der Waals surface area (Å²) in [4.78, 5) is 0. The summed E-state index contributed by atoms with van der Waals surface area (Å²) in [5, 5.41) is 9.35. The van der Waals surface area contributed by atoms with Crippen LogP contribution in [0.1, 0.15) is 11.4 Å². The van der Waals surface area contributed by atoms with Gasteiger partial charge in [-0.3, -0.25) is 0 Å². The summed E-state index contributed by atoms with van der Waals surface area (Å²) in [6, 6.07) is 7.68. The first-order valence-corrected chi connectivity index (χ1v) is 5.35. The number of nitrogens with zero attached hydrogens (tertiary/aromatic N) is 3. The van der Waals surface area contributed by atoms with E-state index in [0.717, 1.165) is 22.4 Å². The maximum atomic E-state index is 5.91. The number of hydrogen-bond acceptors (Lipinski definition) is 4. The highest BCUT2D eigenvalue weighted by molar-refractivity contribution is 5.84. The largest absolute Gasteiger partial charge is 0.396 e. The van der Waals surface area contributed by atoms with Gasteiger partial charge >= 0.3 is 0 Å². The molecule has 0 saturated carbocycles. The van der Waals surface area contributed by atoms with Crippen LogP contribution < -0.4 is 5.73 Å². The molecule has 0 amide bonds. The minimum atomic E-state index is 0.679. The van der Waals surface area contributed by atoms with Crippen molar-refractivity contribution in [2.24, 2.45) is 0 Å². The van der Waals surface area contributed by atoms with E-state index in [-0.39, 0.29) is 0 Å². The monoisotopic (exact) mass is 228 g/mol. The van der Waals surface area contributed by atoms with E-state index in [9.17, 15) is 0 Å². The van der Waals surface area contributed by atoms with Crippen molar-refractivity contribution in [1.82, 2.24) is 14.9 Å². The molecule has 0 spiro atoms. The van der Waals surface area contributed by atoms with Crippen LogP contribution >= 0.6 is 0 Å². The molecule has 1 aromatic carbocycles. The summed E-state index contributed by atoms with van der Waals surface area (Å²) in [6.45, 7) is 3.79. The molecule has 0 bridgehead atoms. The fourth-order valence-corrected chi connectivity index (χ4v) is 1.89. The number of para-hydroxylation sites is 1. The van der Waals surface area contributed by atoms with Crippen LogP contribution in [0.3, 0.4) is 0 Å². The summed E-state index contributed by atoms with van der Waals surface area (Å²) in [6.07, 6.45) is 0. The third kappa shape index (κ3) is 1.32. The first-order chi connectivity index (χ1) is 8.18. The van der Waals surface area contributed by atoms with Crippen LogP contribution in [0.5, 0.6) is 0 Å². The summed E-state index contributed by atoms with van der Waals surface area (Å²) < 4.78 is 6.97. The van der Waals surface area contributed by atoms with Crippen molar-refractivity contribution in [1.29, 1.82) is 0 Å². The number of nitrogen functional groups attached to an aromatic ring is 1. The van der Waals surface area contributed by atoms with Gasteiger partial charge in [-0.2, -0.15) is 5.10 Å². The molecule has 2 N–H and O–H groups in total. The highest BCUT2D eigenvalue weighted by Crippen LogP contribution is 2.25. The van der Waals surface area contributed by atoms with E-state index in [0.29, 0.717) is 11.5 Å². The lowest BCUT2D eigenvalue weighted by Crippen LogP contribution is -2.00. The van der Waals surface area contributed by atoms with Crippen LogP contribution in [0.15, 0.2) is 28.8 Å². The average molecular weight is 228 g/mol. The van der Waals surface area contributed by atoms with Gasteiger partial charge in [-0.05, 0) is 26.0 Å². The van der Waals surface area contributed by atoms with Crippen LogP contribution in [0.4, 0.5) is 5.69 Å². The molecule has 0 radical (unpaired) electrons. The van der Waals surface area contributed by atoms with E-state index in [1.807, 2.05) is 38.1 Å². The molecule has 0 unspecified atom stereocenters. The van der Waals surface area contributed by atoms with Gasteiger partial charge in [0.1, 0.15) is 0 Å². The number of hydrogen-bond donors (Lipinski definition) is 1. The van der Waals surface area contributed by atoms with E-state index in [1.54, 1.807) is 4.68 Å². The number of anilines is 1. The highest BCUT2D eigenvalue weighted by atomic mass is 16.5. The van der Waals surface area contributed by atoms with Crippen molar-refractivity contribution in [3.05, 3.63) is 35.7 Å². The Kier molecular flexibility index (Phi) is 1.95. The molecular weight excluding hydrogens is 216 g/mol. The summed E-state index contributed by atoms with van der Waals surface area (Å²) in [5.41, 5.74) is 9.02. The van der Waals surface area contributed by atoms with Crippen LogP contribution in [0, 0.1) is 13.8 Å². The van der Waals surface area contributed by atoms with Crippen LogP contribution in [-0.4, -0.2) is 14.9 Å². The fraction of sp³-hybridized carbons (Fsp3) is 0.167. The predicted molar refractivity (Wildman–Crippen MR) is 65.0 cm³/mol. The van der Waals surface area contributed by atoms with Gasteiger partial charge in [0.05, 0.1) is 22.5 Å². The van der Waals surface area contributed by atoms with Crippen molar-refractivity contribution in [3.63, 3.8) is 0 Å². The van der Waals surface area contributed by atoms with Gasteiger partial charge in [-0.25, -0.2) is 4.68 Å². The molecular formula is C12H12N4O. The summed E-state index contributed by atoms with van der Waals surface area (Å²) in [5.74, 6) is 0.679. The summed E-state index contributed by atoms with van der Waals surface area (Å²) in [7, 11) is 0. The second-order valence-electron chi connectivity index (χ2n) is 4.00. The topological polar surface area (TPSA) is 69.9 Å². The first-order valence-electron chi connectivity index (χ1n) is 5.35. The molecule has 0 fully saturated rings. The van der Waals surface area contributed by atoms with Gasteiger partial charge in [0.25, 0.3) is 0 Å². The van der Waals surface area contributed by atoms with Crippen molar-refractivity contribution >= 4 is 16.7 Å². The van der Waals surface area contributed by atoms with Gasteiger partial charge in [0, 0.05) is 0 Å². The zero-order valence-corrected chi connectivity index (χ0v) is 9.64. The molecule has 3 aromatic rings. The molecule has 0 aliphatic carbocycles. The van der Waals surface area contributed by atoms with E-state index < -0.39 is 0 Å². The number of aryl methyl sites for hydroxylation is 1. The Morgan fingerprint density at radius 1 is 1.24 bits per heavy atom. The zero-order chi connectivity index (χ0) is 12.0. The van der Waals surface area contributed by atoms with E-state index in [1.165, 1.54) is 0 Å². The average Bonchev–Trinajstić information content (AvgIpc) is 2.86. The quantitative estimate of drug-likeness (QED) is 0.693. The van der Waals surface area contributed by atoms with Crippen LogP contribution in [-0.2, 0) is 0 Å². The standard InChI is InChI=1S/C12H12N4O/c1-7-11(13)8(2)16(14-7)12-9-5-3-4-6-10(9)17-15-12/h3-6H,13H2,1-2H3. The molecule has 0 saturated heterocycles. The number of rotatable bonds is 1. The lowest BCUT2D eigenvalue weighted by molar-refractivity contribution is 0.449. The Bertz CT molecular complexity index is 696. The smallest absolute Gasteiger partial charge is 0.204 e. The molecule has 17 heavy (non-hydrogen) atoms. The maximum absolute atomic E-state index is 5.91.